The van der Waals surface area contributed by atoms with Crippen molar-refractivity contribution >= 4 is 7.82 Å². The Kier molecular flexibility index (Phi) is 12.4. The SMILES string of the molecule is O=P(O)(O)OO.OCCO.Oc1ccccc1. The predicted octanol–water partition coefficient (Wildman–Crippen LogP) is -0.0681. The molecule has 0 radical (unpaired) electrons. The van der Waals surface area contributed by atoms with Crippen LogP contribution in [0.3, 0.4) is 0 Å². The summed E-state index contributed by atoms with van der Waals surface area (Å²) >= 11 is 0. The third kappa shape index (κ3) is 21.0. The van der Waals surface area contributed by atoms with E-state index in [1.807, 2.05) is 6.07 Å². The Morgan fingerprint density at radius 3 is 1.53 bits per heavy atom. The molecule has 0 atom stereocenters. The maximum absolute atomic E-state index is 9.22. The van der Waals surface area contributed by atoms with Gasteiger partial charge in [0.15, 0.2) is 0 Å². The van der Waals surface area contributed by atoms with Gasteiger partial charge in [0.05, 0.1) is 13.2 Å². The number of phenols is 1. The molecule has 1 aromatic carbocycles. The van der Waals surface area contributed by atoms with Crippen LogP contribution >= 0.6 is 7.82 Å². The molecule has 100 valence electrons. The first kappa shape index (κ1) is 18.4. The van der Waals surface area contributed by atoms with Gasteiger partial charge in [-0.1, -0.05) is 18.2 Å². The molecule has 0 aliphatic heterocycles. The molecule has 0 aliphatic carbocycles. The molecule has 6 N–H and O–H groups in total. The largest absolute Gasteiger partial charge is 0.508 e. The first-order chi connectivity index (χ1) is 7.87. The Hall–Kier alpha value is -0.990. The Morgan fingerprint density at radius 2 is 1.41 bits per heavy atom. The molecule has 9 heteroatoms. The second-order valence-electron chi connectivity index (χ2n) is 2.35. The summed E-state index contributed by atoms with van der Waals surface area (Å²) in [5, 5.41) is 31.0. The number of hydrogen-bond acceptors (Lipinski definition) is 6. The van der Waals surface area contributed by atoms with E-state index in [2.05, 4.69) is 4.67 Å². The van der Waals surface area contributed by atoms with Crippen LogP contribution in [0.1, 0.15) is 0 Å². The highest BCUT2D eigenvalue weighted by Crippen LogP contribution is 2.33. The number of benzene rings is 1. The van der Waals surface area contributed by atoms with Gasteiger partial charge in [0, 0.05) is 0 Å². The lowest BCUT2D eigenvalue weighted by atomic mass is 10.3. The lowest BCUT2D eigenvalue weighted by molar-refractivity contribution is -0.158. The van der Waals surface area contributed by atoms with Gasteiger partial charge in [-0.2, -0.15) is 0 Å². The zero-order chi connectivity index (χ0) is 13.7. The highest BCUT2D eigenvalue weighted by molar-refractivity contribution is 7.46. The molecule has 17 heavy (non-hydrogen) atoms. The minimum atomic E-state index is -4.59. The van der Waals surface area contributed by atoms with Crippen LogP contribution in [0.25, 0.3) is 0 Å². The first-order valence-corrected chi connectivity index (χ1v) is 5.74. The van der Waals surface area contributed by atoms with Crippen LogP contribution in [0, 0.1) is 0 Å². The topological polar surface area (TPSA) is 148 Å². The normalized spacial score (nSPS) is 9.47. The van der Waals surface area contributed by atoms with E-state index in [0.29, 0.717) is 5.75 Å². The fourth-order valence-electron chi connectivity index (χ4n) is 0.428. The molecule has 0 saturated heterocycles. The maximum atomic E-state index is 9.22. The van der Waals surface area contributed by atoms with Crippen LogP contribution in [-0.2, 0) is 9.24 Å². The summed E-state index contributed by atoms with van der Waals surface area (Å²) in [5.41, 5.74) is 0. The molecule has 0 unspecified atom stereocenters. The highest BCUT2D eigenvalue weighted by atomic mass is 31.2. The molecule has 0 spiro atoms. The fourth-order valence-corrected chi connectivity index (χ4v) is 0.428. The van der Waals surface area contributed by atoms with Crippen LogP contribution in [-0.4, -0.2) is 43.6 Å². The molecule has 0 bridgehead atoms. The van der Waals surface area contributed by atoms with E-state index < -0.39 is 7.82 Å². The predicted molar refractivity (Wildman–Crippen MR) is 58.0 cm³/mol. The van der Waals surface area contributed by atoms with Gasteiger partial charge in [0.25, 0.3) is 0 Å². The van der Waals surface area contributed by atoms with Gasteiger partial charge >= 0.3 is 7.82 Å². The number of phosphoric acid groups is 1. The molecule has 0 aromatic heterocycles. The summed E-state index contributed by atoms with van der Waals surface area (Å²) in [4.78, 5) is 14.9. The number of rotatable bonds is 2. The number of aromatic hydroxyl groups is 1. The molecule has 8 nitrogen and oxygen atoms in total. The Morgan fingerprint density at radius 1 is 1.06 bits per heavy atom. The number of aliphatic hydroxyl groups is 2. The van der Waals surface area contributed by atoms with Crippen LogP contribution < -0.4 is 0 Å². The number of phenolic OH excluding ortho intramolecular Hbond substituents is 1. The summed E-state index contributed by atoms with van der Waals surface area (Å²) < 4.78 is 11.8. The third-order valence-corrected chi connectivity index (χ3v) is 1.18. The smallest absolute Gasteiger partial charge is 0.496 e. The Balaban J connectivity index is 0. The number of para-hydroxylation sites is 1. The molecule has 1 aromatic rings. The van der Waals surface area contributed by atoms with Crippen molar-refractivity contribution in [3.8, 4) is 5.75 Å². The lowest BCUT2D eigenvalue weighted by Gasteiger charge is -1.90. The van der Waals surface area contributed by atoms with E-state index in [-0.39, 0.29) is 13.2 Å². The molecule has 1 rings (SSSR count). The zero-order valence-corrected chi connectivity index (χ0v) is 9.64. The average molecular weight is 270 g/mol. The van der Waals surface area contributed by atoms with Crippen LogP contribution in [0.4, 0.5) is 0 Å². The molecule has 0 fully saturated rings. The lowest BCUT2D eigenvalue weighted by Crippen LogP contribution is -1.85. The second kappa shape index (κ2) is 11.5. The van der Waals surface area contributed by atoms with Crippen molar-refractivity contribution in [3.05, 3.63) is 30.3 Å². The summed E-state index contributed by atoms with van der Waals surface area (Å²) in [7, 11) is -4.59. The second-order valence-corrected chi connectivity index (χ2v) is 3.50. The molecule has 0 aliphatic rings. The van der Waals surface area contributed by atoms with Gasteiger partial charge in [-0.3, -0.25) is 0 Å². The molecular formula is C8H15O8P. The van der Waals surface area contributed by atoms with Crippen molar-refractivity contribution in [2.45, 2.75) is 0 Å². The van der Waals surface area contributed by atoms with E-state index in [1.54, 1.807) is 24.3 Å². The minimum absolute atomic E-state index is 0.125. The van der Waals surface area contributed by atoms with Crippen molar-refractivity contribution in [2.24, 2.45) is 0 Å². The van der Waals surface area contributed by atoms with Gasteiger partial charge in [0.2, 0.25) is 0 Å². The average Bonchev–Trinajstić information content (AvgIpc) is 2.30. The van der Waals surface area contributed by atoms with Gasteiger partial charge in [0.1, 0.15) is 5.75 Å². The van der Waals surface area contributed by atoms with Crippen molar-refractivity contribution < 1.29 is 39.6 Å². The van der Waals surface area contributed by atoms with E-state index in [0.717, 1.165) is 0 Å². The Labute approximate surface area is 97.5 Å². The zero-order valence-electron chi connectivity index (χ0n) is 8.75. The Bertz CT molecular complexity index is 296. The number of hydrogen-bond donors (Lipinski definition) is 6. The quantitative estimate of drug-likeness (QED) is 0.248. The fraction of sp³-hybridized carbons (Fsp3) is 0.250. The molecule has 0 amide bonds. The van der Waals surface area contributed by atoms with Crippen molar-refractivity contribution in [1.82, 2.24) is 0 Å². The molecule has 0 heterocycles. The standard InChI is InChI=1S/C6H6O.C2H6O2.H3O5P/c7-6-4-2-1-3-5-6;3-1-2-4;1-5-6(2,3)4/h1-5,7H;3-4H,1-2H2;1H,(H2,2,3,4). The van der Waals surface area contributed by atoms with E-state index in [9.17, 15) is 4.57 Å². The van der Waals surface area contributed by atoms with E-state index in [1.165, 1.54) is 0 Å². The van der Waals surface area contributed by atoms with Crippen molar-refractivity contribution in [2.75, 3.05) is 13.2 Å². The van der Waals surface area contributed by atoms with Gasteiger partial charge < -0.3 is 25.1 Å². The summed E-state index contributed by atoms with van der Waals surface area (Å²) in [5.74, 6) is 0.322. The van der Waals surface area contributed by atoms with Crippen molar-refractivity contribution in [3.63, 3.8) is 0 Å². The van der Waals surface area contributed by atoms with E-state index in [4.69, 9.17) is 30.4 Å². The van der Waals surface area contributed by atoms with Gasteiger partial charge in [-0.15, -0.1) is 4.67 Å². The van der Waals surface area contributed by atoms with Crippen LogP contribution in [0.5, 0.6) is 5.75 Å². The molecular weight excluding hydrogens is 255 g/mol. The third-order valence-electron chi connectivity index (χ3n) is 0.963. The first-order valence-electron chi connectivity index (χ1n) is 4.21. The van der Waals surface area contributed by atoms with Crippen LogP contribution in [0.15, 0.2) is 30.3 Å². The highest BCUT2D eigenvalue weighted by Gasteiger charge is 2.10. The van der Waals surface area contributed by atoms with Crippen molar-refractivity contribution in [1.29, 1.82) is 0 Å². The van der Waals surface area contributed by atoms with Gasteiger partial charge in [-0.25, -0.2) is 9.82 Å². The van der Waals surface area contributed by atoms with Crippen LogP contribution in [0.2, 0.25) is 0 Å². The molecule has 0 saturated carbocycles. The summed E-state index contributed by atoms with van der Waals surface area (Å²) in [6.07, 6.45) is 0. The number of aliphatic hydroxyl groups excluding tert-OH is 2. The van der Waals surface area contributed by atoms with Gasteiger partial charge in [-0.05, 0) is 12.1 Å². The maximum Gasteiger partial charge on any atom is 0.496 e. The monoisotopic (exact) mass is 270 g/mol. The minimum Gasteiger partial charge on any atom is -0.508 e. The summed E-state index contributed by atoms with van der Waals surface area (Å²) in [6.45, 7) is -0.250. The summed E-state index contributed by atoms with van der Waals surface area (Å²) in [6, 6.07) is 8.71. The van der Waals surface area contributed by atoms with E-state index >= 15 is 0 Å².